The molecule has 4 rings (SSSR count). The standard InChI is InChI=1S/C19H30N6O3/c1-14(19-21-17(13-26-2)23-28-19)25-5-3-4-15(12-25)18-16(10-20-22-18)11-24-6-8-27-9-7-24/h10,14-15H,3-9,11-13H2,1-2H3,(H,20,22)/t14-,15-/m1/s1. The molecule has 2 aliphatic heterocycles. The molecule has 28 heavy (non-hydrogen) atoms. The van der Waals surface area contributed by atoms with Gasteiger partial charge in [0.25, 0.3) is 0 Å². The molecule has 2 fully saturated rings. The van der Waals surface area contributed by atoms with Crippen molar-refractivity contribution < 1.29 is 14.0 Å². The topological polar surface area (TPSA) is 92.5 Å². The number of nitrogens with zero attached hydrogens (tertiary/aromatic N) is 5. The minimum absolute atomic E-state index is 0.0894. The first-order valence-corrected chi connectivity index (χ1v) is 10.1. The van der Waals surface area contributed by atoms with E-state index in [1.165, 1.54) is 17.7 Å². The van der Waals surface area contributed by atoms with Crippen LogP contribution in [0, 0.1) is 0 Å². The monoisotopic (exact) mass is 390 g/mol. The molecule has 0 aliphatic carbocycles. The Hall–Kier alpha value is -1.81. The number of likely N-dealkylation sites (tertiary alicyclic amines) is 1. The van der Waals surface area contributed by atoms with Gasteiger partial charge in [0, 0.05) is 50.5 Å². The van der Waals surface area contributed by atoms with E-state index in [-0.39, 0.29) is 6.04 Å². The highest BCUT2D eigenvalue weighted by Gasteiger charge is 2.30. The molecule has 154 valence electrons. The Morgan fingerprint density at radius 2 is 2.18 bits per heavy atom. The van der Waals surface area contributed by atoms with Crippen molar-refractivity contribution in [3.05, 3.63) is 29.2 Å². The van der Waals surface area contributed by atoms with E-state index in [1.54, 1.807) is 7.11 Å². The van der Waals surface area contributed by atoms with Crippen LogP contribution >= 0.6 is 0 Å². The molecule has 2 aromatic heterocycles. The average Bonchev–Trinajstić information content (AvgIpc) is 3.38. The number of nitrogens with one attached hydrogen (secondary N) is 1. The number of rotatable bonds is 7. The normalized spacial score (nSPS) is 23.1. The van der Waals surface area contributed by atoms with Gasteiger partial charge in [0.2, 0.25) is 5.89 Å². The second kappa shape index (κ2) is 9.13. The number of morpholine rings is 1. The quantitative estimate of drug-likeness (QED) is 0.764. The van der Waals surface area contributed by atoms with Crippen LogP contribution < -0.4 is 0 Å². The zero-order valence-corrected chi connectivity index (χ0v) is 16.8. The Balaban J connectivity index is 1.41. The van der Waals surface area contributed by atoms with Gasteiger partial charge in [-0.15, -0.1) is 0 Å². The molecular weight excluding hydrogens is 360 g/mol. The number of hydrogen-bond donors (Lipinski definition) is 1. The van der Waals surface area contributed by atoms with Crippen molar-refractivity contribution in [1.29, 1.82) is 0 Å². The van der Waals surface area contributed by atoms with Gasteiger partial charge in [-0.3, -0.25) is 14.9 Å². The molecule has 2 aromatic rings. The lowest BCUT2D eigenvalue weighted by Gasteiger charge is -2.35. The van der Waals surface area contributed by atoms with Gasteiger partial charge in [-0.1, -0.05) is 5.16 Å². The van der Waals surface area contributed by atoms with Crippen molar-refractivity contribution in [2.24, 2.45) is 0 Å². The minimum atomic E-state index is 0.0894. The minimum Gasteiger partial charge on any atom is -0.379 e. The first kappa shape index (κ1) is 19.5. The van der Waals surface area contributed by atoms with Crippen LogP contribution in [0.4, 0.5) is 0 Å². The summed E-state index contributed by atoms with van der Waals surface area (Å²) in [4.78, 5) is 9.34. The lowest BCUT2D eigenvalue weighted by atomic mass is 9.91. The number of aromatic amines is 1. The van der Waals surface area contributed by atoms with Crippen LogP contribution in [0.15, 0.2) is 10.7 Å². The van der Waals surface area contributed by atoms with Crippen LogP contribution in [-0.2, 0) is 22.6 Å². The first-order valence-electron chi connectivity index (χ1n) is 10.1. The fourth-order valence-corrected chi connectivity index (χ4v) is 4.18. The molecule has 0 amide bonds. The molecular formula is C19H30N6O3. The summed E-state index contributed by atoms with van der Waals surface area (Å²) >= 11 is 0. The zero-order valence-electron chi connectivity index (χ0n) is 16.8. The molecule has 0 spiro atoms. The third-order valence-electron chi connectivity index (χ3n) is 5.77. The van der Waals surface area contributed by atoms with Crippen molar-refractivity contribution in [3.8, 4) is 0 Å². The van der Waals surface area contributed by atoms with Crippen molar-refractivity contribution in [3.63, 3.8) is 0 Å². The van der Waals surface area contributed by atoms with Gasteiger partial charge in [-0.2, -0.15) is 10.1 Å². The predicted molar refractivity (Wildman–Crippen MR) is 102 cm³/mol. The molecule has 0 unspecified atom stereocenters. The van der Waals surface area contributed by atoms with Gasteiger partial charge in [-0.05, 0) is 26.3 Å². The van der Waals surface area contributed by atoms with Crippen LogP contribution in [-0.4, -0.2) is 76.6 Å². The van der Waals surface area contributed by atoms with E-state index in [0.717, 1.165) is 52.4 Å². The van der Waals surface area contributed by atoms with E-state index in [2.05, 4.69) is 37.1 Å². The largest absolute Gasteiger partial charge is 0.379 e. The molecule has 9 heteroatoms. The van der Waals surface area contributed by atoms with Crippen LogP contribution in [0.2, 0.25) is 0 Å². The Labute approximate surface area is 165 Å². The van der Waals surface area contributed by atoms with Gasteiger partial charge >= 0.3 is 0 Å². The van der Waals surface area contributed by atoms with E-state index in [4.69, 9.17) is 14.0 Å². The summed E-state index contributed by atoms with van der Waals surface area (Å²) in [7, 11) is 1.63. The van der Waals surface area contributed by atoms with Crippen molar-refractivity contribution in [2.75, 3.05) is 46.5 Å². The van der Waals surface area contributed by atoms with Gasteiger partial charge in [-0.25, -0.2) is 0 Å². The Morgan fingerprint density at radius 1 is 1.32 bits per heavy atom. The summed E-state index contributed by atoms with van der Waals surface area (Å²) in [5, 5.41) is 11.6. The fraction of sp³-hybridized carbons (Fsp3) is 0.737. The molecule has 2 saturated heterocycles. The molecule has 2 aliphatic rings. The van der Waals surface area contributed by atoms with Crippen molar-refractivity contribution >= 4 is 0 Å². The third kappa shape index (κ3) is 4.43. The molecule has 0 bridgehead atoms. The highest BCUT2D eigenvalue weighted by atomic mass is 16.5. The summed E-state index contributed by atoms with van der Waals surface area (Å²) < 4.78 is 16.0. The average molecular weight is 390 g/mol. The second-order valence-corrected chi connectivity index (χ2v) is 7.69. The zero-order chi connectivity index (χ0) is 19.3. The van der Waals surface area contributed by atoms with Crippen molar-refractivity contribution in [2.45, 2.75) is 44.9 Å². The molecule has 9 nitrogen and oxygen atoms in total. The first-order chi connectivity index (χ1) is 13.7. The maximum atomic E-state index is 5.47. The number of hydrogen-bond acceptors (Lipinski definition) is 8. The number of aromatic nitrogens is 4. The lowest BCUT2D eigenvalue weighted by molar-refractivity contribution is 0.0339. The van der Waals surface area contributed by atoms with Gasteiger partial charge in [0.05, 0.1) is 25.5 Å². The van der Waals surface area contributed by atoms with Gasteiger partial charge in [0.1, 0.15) is 6.61 Å². The summed E-state index contributed by atoms with van der Waals surface area (Å²) in [6.45, 7) is 9.04. The summed E-state index contributed by atoms with van der Waals surface area (Å²) in [6.07, 6.45) is 4.30. The summed E-state index contributed by atoms with van der Waals surface area (Å²) in [5.74, 6) is 1.70. The van der Waals surface area contributed by atoms with E-state index in [0.29, 0.717) is 24.2 Å². The van der Waals surface area contributed by atoms with Crippen molar-refractivity contribution in [1.82, 2.24) is 30.1 Å². The molecule has 2 atom stereocenters. The van der Waals surface area contributed by atoms with Gasteiger partial charge < -0.3 is 14.0 Å². The Morgan fingerprint density at radius 3 is 3.00 bits per heavy atom. The Bertz CT molecular complexity index is 742. The van der Waals surface area contributed by atoms with Crippen LogP contribution in [0.5, 0.6) is 0 Å². The molecule has 4 heterocycles. The van der Waals surface area contributed by atoms with E-state index in [9.17, 15) is 0 Å². The maximum Gasteiger partial charge on any atom is 0.243 e. The molecule has 0 saturated carbocycles. The summed E-state index contributed by atoms with van der Waals surface area (Å²) in [6, 6.07) is 0.0894. The smallest absolute Gasteiger partial charge is 0.243 e. The highest BCUT2D eigenvalue weighted by molar-refractivity contribution is 5.22. The predicted octanol–water partition coefficient (Wildman–Crippen LogP) is 1.71. The number of methoxy groups -OCH3 is 1. The summed E-state index contributed by atoms with van der Waals surface area (Å²) in [5.41, 5.74) is 2.58. The van der Waals surface area contributed by atoms with E-state index < -0.39 is 0 Å². The lowest BCUT2D eigenvalue weighted by Crippen LogP contribution is -2.38. The fourth-order valence-electron chi connectivity index (χ4n) is 4.18. The number of ether oxygens (including phenoxy) is 2. The third-order valence-corrected chi connectivity index (χ3v) is 5.77. The molecule has 0 aromatic carbocycles. The maximum absolute atomic E-state index is 5.47. The molecule has 0 radical (unpaired) electrons. The highest BCUT2D eigenvalue weighted by Crippen LogP contribution is 2.32. The van der Waals surface area contributed by atoms with Crippen LogP contribution in [0.25, 0.3) is 0 Å². The Kier molecular flexibility index (Phi) is 6.36. The molecule has 1 N–H and O–H groups in total. The second-order valence-electron chi connectivity index (χ2n) is 7.69. The number of piperidine rings is 1. The van der Waals surface area contributed by atoms with E-state index >= 15 is 0 Å². The van der Waals surface area contributed by atoms with Crippen LogP contribution in [0.1, 0.15) is 54.7 Å². The number of H-pyrrole nitrogens is 1. The van der Waals surface area contributed by atoms with Gasteiger partial charge in [0.15, 0.2) is 5.82 Å². The SMILES string of the molecule is COCc1noc([C@@H](C)N2CCC[C@@H](c3[nH]ncc3CN3CCOCC3)C2)n1. The van der Waals surface area contributed by atoms with E-state index in [1.807, 2.05) is 6.20 Å². The van der Waals surface area contributed by atoms with Crippen LogP contribution in [0.3, 0.4) is 0 Å².